The summed E-state index contributed by atoms with van der Waals surface area (Å²) in [5.74, 6) is -1.08. The van der Waals surface area contributed by atoms with E-state index in [1.54, 1.807) is 0 Å². The second-order valence-electron chi connectivity index (χ2n) is 8.92. The average Bonchev–Trinajstić information content (AvgIpc) is 2.74. The first-order chi connectivity index (χ1) is 11.8. The maximum absolute atomic E-state index is 11.3. The Labute approximate surface area is 156 Å². The predicted octanol–water partition coefficient (Wildman–Crippen LogP) is 2.23. The standard InChI is InChI=1S/C11H15NO5.C8H19N/c1-2-3-6(5-13)10-9(11(15)16)12-7(14)4-8(12)17-10;1-7(2,3)6-8(4,5)9/h8-9,13H,2-5H2,1H3,(H,15,16);6,9H2,1-5H3/b10-6+;/t8-,9?;/m1./s1. The fourth-order valence-corrected chi connectivity index (χ4v) is 3.60. The first kappa shape index (κ1) is 22.4. The maximum Gasteiger partial charge on any atom is 0.334 e. The topological polar surface area (TPSA) is 113 Å². The molecule has 0 aliphatic carbocycles. The van der Waals surface area contributed by atoms with Crippen LogP contribution in [0.3, 0.4) is 0 Å². The molecule has 2 atom stereocenters. The number of β-lactam (4-membered cyclic amide) rings is 1. The molecule has 2 aliphatic heterocycles. The fraction of sp³-hybridized carbons (Fsp3) is 0.789. The van der Waals surface area contributed by atoms with Gasteiger partial charge in [0.05, 0.1) is 13.0 Å². The number of fused-ring (bicyclic) bond motifs is 1. The van der Waals surface area contributed by atoms with Crippen molar-refractivity contribution in [1.29, 1.82) is 0 Å². The molecule has 7 nitrogen and oxygen atoms in total. The lowest BCUT2D eigenvalue weighted by Gasteiger charge is -2.33. The second-order valence-corrected chi connectivity index (χ2v) is 8.92. The quantitative estimate of drug-likeness (QED) is 0.640. The number of rotatable bonds is 5. The summed E-state index contributed by atoms with van der Waals surface area (Å²) in [4.78, 5) is 23.7. The van der Waals surface area contributed by atoms with Gasteiger partial charge in [0.15, 0.2) is 12.3 Å². The molecule has 2 heterocycles. The first-order valence-corrected chi connectivity index (χ1v) is 9.13. The molecular weight excluding hydrogens is 336 g/mol. The number of aliphatic hydroxyl groups excluding tert-OH is 1. The highest BCUT2D eigenvalue weighted by atomic mass is 16.5. The summed E-state index contributed by atoms with van der Waals surface area (Å²) in [6, 6.07) is -1.06. The predicted molar refractivity (Wildman–Crippen MR) is 99.1 cm³/mol. The molecule has 4 N–H and O–H groups in total. The number of nitrogens with zero attached hydrogens (tertiary/aromatic N) is 1. The van der Waals surface area contributed by atoms with Crippen LogP contribution in [0, 0.1) is 5.41 Å². The minimum absolute atomic E-state index is 0.0156. The van der Waals surface area contributed by atoms with Crippen LogP contribution in [0.1, 0.15) is 67.2 Å². The largest absolute Gasteiger partial charge is 0.479 e. The highest BCUT2D eigenvalue weighted by Gasteiger charge is 2.54. The summed E-state index contributed by atoms with van der Waals surface area (Å²) in [6.45, 7) is 12.5. The lowest BCUT2D eigenvalue weighted by molar-refractivity contribution is -0.163. The summed E-state index contributed by atoms with van der Waals surface area (Å²) >= 11 is 0. The van der Waals surface area contributed by atoms with E-state index in [4.69, 9.17) is 15.6 Å². The third kappa shape index (κ3) is 5.99. The molecule has 0 saturated carbocycles. The molecule has 1 amide bonds. The molecule has 0 bridgehead atoms. The molecule has 0 radical (unpaired) electrons. The smallest absolute Gasteiger partial charge is 0.334 e. The molecule has 2 aliphatic rings. The van der Waals surface area contributed by atoms with E-state index in [0.717, 1.165) is 12.8 Å². The molecule has 150 valence electrons. The van der Waals surface area contributed by atoms with E-state index in [1.807, 2.05) is 6.92 Å². The molecule has 7 heteroatoms. The number of ether oxygens (including phenoxy) is 1. The van der Waals surface area contributed by atoms with E-state index in [-0.39, 0.29) is 30.2 Å². The van der Waals surface area contributed by atoms with Crippen molar-refractivity contribution in [3.8, 4) is 0 Å². The van der Waals surface area contributed by atoms with Crippen molar-refractivity contribution in [3.63, 3.8) is 0 Å². The summed E-state index contributed by atoms with van der Waals surface area (Å²) in [6.07, 6.45) is 2.19. The van der Waals surface area contributed by atoms with Gasteiger partial charge < -0.3 is 20.7 Å². The monoisotopic (exact) mass is 370 g/mol. The van der Waals surface area contributed by atoms with Gasteiger partial charge in [-0.2, -0.15) is 0 Å². The van der Waals surface area contributed by atoms with Crippen LogP contribution in [0.5, 0.6) is 0 Å². The van der Waals surface area contributed by atoms with Crippen molar-refractivity contribution in [2.45, 2.75) is 85.0 Å². The molecule has 0 aromatic rings. The third-order valence-corrected chi connectivity index (χ3v) is 4.05. The Hall–Kier alpha value is -1.60. The number of hydrogen-bond acceptors (Lipinski definition) is 5. The zero-order valence-electron chi connectivity index (χ0n) is 16.8. The number of carboxylic acid groups (broad SMARTS) is 1. The van der Waals surface area contributed by atoms with Crippen molar-refractivity contribution in [3.05, 3.63) is 11.3 Å². The van der Waals surface area contributed by atoms with Gasteiger partial charge in [-0.1, -0.05) is 34.1 Å². The molecule has 26 heavy (non-hydrogen) atoms. The van der Waals surface area contributed by atoms with Crippen molar-refractivity contribution >= 4 is 11.9 Å². The number of nitrogens with two attached hydrogens (primary N) is 1. The third-order valence-electron chi connectivity index (χ3n) is 4.05. The van der Waals surface area contributed by atoms with E-state index < -0.39 is 18.2 Å². The van der Waals surface area contributed by atoms with Crippen molar-refractivity contribution in [2.75, 3.05) is 6.61 Å². The Bertz CT molecular complexity index is 545. The van der Waals surface area contributed by atoms with Crippen LogP contribution in [-0.4, -0.2) is 51.4 Å². The summed E-state index contributed by atoms with van der Waals surface area (Å²) < 4.78 is 5.45. The number of aliphatic carboxylic acids is 1. The van der Waals surface area contributed by atoms with Crippen LogP contribution in [0.4, 0.5) is 0 Å². The van der Waals surface area contributed by atoms with Crippen LogP contribution < -0.4 is 5.73 Å². The molecule has 2 fully saturated rings. The van der Waals surface area contributed by atoms with E-state index in [1.165, 1.54) is 4.90 Å². The van der Waals surface area contributed by atoms with Crippen molar-refractivity contribution in [2.24, 2.45) is 11.1 Å². The normalized spacial score (nSPS) is 24.2. The van der Waals surface area contributed by atoms with Crippen LogP contribution in [0.15, 0.2) is 11.3 Å². The van der Waals surface area contributed by atoms with Crippen LogP contribution in [0.25, 0.3) is 0 Å². The number of hydrogen-bond donors (Lipinski definition) is 3. The number of carbonyl (C=O) groups excluding carboxylic acids is 1. The van der Waals surface area contributed by atoms with Gasteiger partial charge in [0.2, 0.25) is 5.91 Å². The molecule has 1 unspecified atom stereocenters. The summed E-state index contributed by atoms with van der Waals surface area (Å²) in [5.41, 5.74) is 6.74. The number of carbonyl (C=O) groups is 2. The van der Waals surface area contributed by atoms with E-state index in [9.17, 15) is 14.7 Å². The van der Waals surface area contributed by atoms with Gasteiger partial charge >= 0.3 is 5.97 Å². The number of aliphatic hydroxyl groups is 1. The Morgan fingerprint density at radius 3 is 2.19 bits per heavy atom. The molecule has 0 aromatic heterocycles. The maximum atomic E-state index is 11.3. The molecule has 2 saturated heterocycles. The van der Waals surface area contributed by atoms with Gasteiger partial charge in [-0.05, 0) is 37.7 Å². The Morgan fingerprint density at radius 1 is 1.31 bits per heavy atom. The zero-order chi connectivity index (χ0) is 20.3. The highest BCUT2D eigenvalue weighted by Crippen LogP contribution is 2.38. The van der Waals surface area contributed by atoms with Crippen LogP contribution >= 0.6 is 0 Å². The van der Waals surface area contributed by atoms with E-state index in [2.05, 4.69) is 34.6 Å². The molecular formula is C19H34N2O5. The average molecular weight is 370 g/mol. The van der Waals surface area contributed by atoms with Gasteiger partial charge in [0, 0.05) is 5.54 Å². The van der Waals surface area contributed by atoms with Crippen molar-refractivity contribution < 1.29 is 24.5 Å². The molecule has 0 spiro atoms. The van der Waals surface area contributed by atoms with Crippen LogP contribution in [-0.2, 0) is 14.3 Å². The Kier molecular flexibility index (Phi) is 7.24. The van der Waals surface area contributed by atoms with E-state index >= 15 is 0 Å². The lowest BCUT2D eigenvalue weighted by Crippen LogP contribution is -2.54. The zero-order valence-corrected chi connectivity index (χ0v) is 16.8. The summed E-state index contributed by atoms with van der Waals surface area (Å²) in [7, 11) is 0. The van der Waals surface area contributed by atoms with Gasteiger partial charge in [-0.3, -0.25) is 9.69 Å². The Morgan fingerprint density at radius 2 is 1.88 bits per heavy atom. The first-order valence-electron chi connectivity index (χ1n) is 9.13. The summed E-state index contributed by atoms with van der Waals surface area (Å²) in [5, 5.41) is 18.4. The lowest BCUT2D eigenvalue weighted by atomic mass is 9.82. The Balaban J connectivity index is 0.000000321. The minimum atomic E-state index is -1.11. The molecule has 2 rings (SSSR count). The molecule has 0 aromatic carbocycles. The van der Waals surface area contributed by atoms with Gasteiger partial charge in [-0.15, -0.1) is 0 Å². The number of carboxylic acids is 1. The van der Waals surface area contributed by atoms with Crippen LogP contribution in [0.2, 0.25) is 0 Å². The van der Waals surface area contributed by atoms with Crippen molar-refractivity contribution in [1.82, 2.24) is 4.90 Å². The second kappa shape index (κ2) is 8.39. The highest BCUT2D eigenvalue weighted by molar-refractivity contribution is 5.91. The van der Waals surface area contributed by atoms with Gasteiger partial charge in [0.1, 0.15) is 5.76 Å². The number of amides is 1. The van der Waals surface area contributed by atoms with Gasteiger partial charge in [-0.25, -0.2) is 4.79 Å². The minimum Gasteiger partial charge on any atom is -0.479 e. The van der Waals surface area contributed by atoms with Gasteiger partial charge in [0.25, 0.3) is 0 Å². The fourth-order valence-electron chi connectivity index (χ4n) is 3.60. The van der Waals surface area contributed by atoms with E-state index in [0.29, 0.717) is 17.4 Å². The SMILES string of the molecule is CC(C)(C)CC(C)(C)N.CCC/C(CO)=C1\O[C@@H]2CC(=O)N2C1C(=O)O.